The van der Waals surface area contributed by atoms with E-state index in [1.807, 2.05) is 26.2 Å². The summed E-state index contributed by atoms with van der Waals surface area (Å²) in [4.78, 5) is 2.59. The van der Waals surface area contributed by atoms with Crippen LogP contribution in [-0.2, 0) is 16.4 Å². The summed E-state index contributed by atoms with van der Waals surface area (Å²) in [5.41, 5.74) is 4.54. The Hall–Kier alpha value is -1.85. The minimum atomic E-state index is -3.13. The minimum Gasteiger partial charge on any atom is -0.377 e. The molecule has 0 spiro atoms. The normalized spacial score (nSPS) is 18.9. The monoisotopic (exact) mass is 344 g/mol. The second kappa shape index (κ2) is 6.57. The lowest BCUT2D eigenvalue weighted by Crippen LogP contribution is -2.30. The van der Waals surface area contributed by atoms with E-state index in [4.69, 9.17) is 0 Å². The molecule has 24 heavy (non-hydrogen) atoms. The van der Waals surface area contributed by atoms with E-state index in [1.165, 1.54) is 16.8 Å². The molecule has 0 radical (unpaired) electrons. The van der Waals surface area contributed by atoms with Crippen molar-refractivity contribution in [3.63, 3.8) is 0 Å². The van der Waals surface area contributed by atoms with Crippen LogP contribution in [0, 0.1) is 6.92 Å². The van der Waals surface area contributed by atoms with Gasteiger partial charge in [0, 0.05) is 32.4 Å². The quantitative estimate of drug-likeness (QED) is 0.926. The Morgan fingerprint density at radius 3 is 2.67 bits per heavy atom. The SMILES string of the molecule is Cc1ccc(CNC2CCS(=O)(=O)c3ccccc32)c(N(C)C)c1. The molecule has 3 rings (SSSR count). The molecule has 1 unspecified atom stereocenters. The highest BCUT2D eigenvalue weighted by Gasteiger charge is 2.29. The number of nitrogens with zero attached hydrogens (tertiary/aromatic N) is 1. The number of aryl methyl sites for hydroxylation is 1. The number of hydrogen-bond acceptors (Lipinski definition) is 4. The smallest absolute Gasteiger partial charge is 0.178 e. The van der Waals surface area contributed by atoms with Crippen molar-refractivity contribution in [3.8, 4) is 0 Å². The highest BCUT2D eigenvalue weighted by atomic mass is 32.2. The molecule has 0 bridgehead atoms. The average Bonchev–Trinajstić information content (AvgIpc) is 2.55. The van der Waals surface area contributed by atoms with Crippen LogP contribution < -0.4 is 10.2 Å². The Morgan fingerprint density at radius 1 is 1.17 bits per heavy atom. The van der Waals surface area contributed by atoms with Gasteiger partial charge in [-0.05, 0) is 42.2 Å². The van der Waals surface area contributed by atoms with Crippen molar-refractivity contribution < 1.29 is 8.42 Å². The van der Waals surface area contributed by atoms with Crippen molar-refractivity contribution >= 4 is 15.5 Å². The van der Waals surface area contributed by atoms with E-state index in [0.29, 0.717) is 17.9 Å². The van der Waals surface area contributed by atoms with Gasteiger partial charge in [-0.3, -0.25) is 0 Å². The van der Waals surface area contributed by atoms with Gasteiger partial charge < -0.3 is 10.2 Å². The number of sulfone groups is 1. The van der Waals surface area contributed by atoms with Gasteiger partial charge in [0.15, 0.2) is 9.84 Å². The zero-order chi connectivity index (χ0) is 17.3. The molecule has 2 aromatic carbocycles. The van der Waals surface area contributed by atoms with Crippen LogP contribution in [0.1, 0.15) is 29.2 Å². The Bertz CT molecular complexity index is 844. The third-order valence-electron chi connectivity index (χ3n) is 4.57. The predicted molar refractivity (Wildman–Crippen MR) is 98.2 cm³/mol. The molecule has 0 fully saturated rings. The molecule has 0 aliphatic carbocycles. The molecule has 1 heterocycles. The number of benzene rings is 2. The molecule has 0 saturated heterocycles. The number of anilines is 1. The fraction of sp³-hybridized carbons (Fsp3) is 0.368. The lowest BCUT2D eigenvalue weighted by Gasteiger charge is -2.27. The fourth-order valence-electron chi connectivity index (χ4n) is 3.27. The summed E-state index contributed by atoms with van der Waals surface area (Å²) in [6.45, 7) is 2.80. The van der Waals surface area contributed by atoms with Crippen molar-refractivity contribution in [1.82, 2.24) is 5.32 Å². The highest BCUT2D eigenvalue weighted by Crippen LogP contribution is 2.32. The van der Waals surface area contributed by atoms with E-state index in [9.17, 15) is 8.42 Å². The third kappa shape index (κ3) is 3.32. The van der Waals surface area contributed by atoms with Crippen LogP contribution in [0.15, 0.2) is 47.4 Å². The van der Waals surface area contributed by atoms with Crippen LogP contribution in [0.5, 0.6) is 0 Å². The summed E-state index contributed by atoms with van der Waals surface area (Å²) in [6.07, 6.45) is 0.614. The maximum absolute atomic E-state index is 12.2. The summed E-state index contributed by atoms with van der Waals surface area (Å²) in [6, 6.07) is 13.8. The zero-order valence-corrected chi connectivity index (χ0v) is 15.2. The number of hydrogen-bond donors (Lipinski definition) is 1. The second-order valence-corrected chi connectivity index (χ2v) is 8.68. The largest absolute Gasteiger partial charge is 0.377 e. The third-order valence-corrected chi connectivity index (χ3v) is 6.38. The van der Waals surface area contributed by atoms with Crippen molar-refractivity contribution in [3.05, 3.63) is 59.2 Å². The van der Waals surface area contributed by atoms with E-state index < -0.39 is 9.84 Å². The fourth-order valence-corrected chi connectivity index (χ4v) is 4.90. The van der Waals surface area contributed by atoms with Crippen molar-refractivity contribution in [2.45, 2.75) is 30.8 Å². The second-order valence-electron chi connectivity index (χ2n) is 6.61. The van der Waals surface area contributed by atoms with E-state index in [-0.39, 0.29) is 11.8 Å². The van der Waals surface area contributed by atoms with Gasteiger partial charge in [0.1, 0.15) is 0 Å². The van der Waals surface area contributed by atoms with Gasteiger partial charge in [0.25, 0.3) is 0 Å². The number of fused-ring (bicyclic) bond motifs is 1. The van der Waals surface area contributed by atoms with Crippen molar-refractivity contribution in [2.24, 2.45) is 0 Å². The molecule has 1 aliphatic heterocycles. The molecule has 4 nitrogen and oxygen atoms in total. The lowest BCUT2D eigenvalue weighted by molar-refractivity contribution is 0.491. The molecule has 2 aromatic rings. The van der Waals surface area contributed by atoms with Crippen molar-refractivity contribution in [2.75, 3.05) is 24.7 Å². The molecular weight excluding hydrogens is 320 g/mol. The minimum absolute atomic E-state index is 0.0704. The first-order chi connectivity index (χ1) is 11.4. The van der Waals surface area contributed by atoms with Crippen LogP contribution in [0.3, 0.4) is 0 Å². The van der Waals surface area contributed by atoms with Gasteiger partial charge in [0.2, 0.25) is 0 Å². The topological polar surface area (TPSA) is 49.4 Å². The molecule has 0 aromatic heterocycles. The highest BCUT2D eigenvalue weighted by molar-refractivity contribution is 7.91. The zero-order valence-electron chi connectivity index (χ0n) is 14.4. The van der Waals surface area contributed by atoms with E-state index >= 15 is 0 Å². The standard InChI is InChI=1S/C19H24N2O2S/c1-14-8-9-15(18(12-14)21(2)3)13-20-17-10-11-24(22,23)19-7-5-4-6-16(17)19/h4-9,12,17,20H,10-11,13H2,1-3H3. The van der Waals surface area contributed by atoms with Crippen LogP contribution in [0.25, 0.3) is 0 Å². The van der Waals surface area contributed by atoms with Crippen molar-refractivity contribution in [1.29, 1.82) is 0 Å². The Kier molecular flexibility index (Phi) is 4.65. The van der Waals surface area contributed by atoms with Gasteiger partial charge in [0.05, 0.1) is 10.6 Å². The molecule has 1 aliphatic rings. The van der Waals surface area contributed by atoms with Gasteiger partial charge in [-0.2, -0.15) is 0 Å². The molecular formula is C19H24N2O2S. The van der Waals surface area contributed by atoms with Crippen LogP contribution in [0.4, 0.5) is 5.69 Å². The molecule has 0 saturated carbocycles. The maximum atomic E-state index is 12.2. The number of nitrogens with one attached hydrogen (secondary N) is 1. The summed E-state index contributed by atoms with van der Waals surface area (Å²) in [5.74, 6) is 0.204. The van der Waals surface area contributed by atoms with Gasteiger partial charge in [-0.25, -0.2) is 8.42 Å². The Balaban J connectivity index is 1.84. The first kappa shape index (κ1) is 17.0. The summed E-state index contributed by atoms with van der Waals surface area (Å²) >= 11 is 0. The molecule has 1 atom stereocenters. The van der Waals surface area contributed by atoms with Crippen LogP contribution >= 0.6 is 0 Å². The van der Waals surface area contributed by atoms with Crippen LogP contribution in [0.2, 0.25) is 0 Å². The van der Waals surface area contributed by atoms with E-state index in [2.05, 4.69) is 35.3 Å². The Labute approximate surface area is 144 Å². The average molecular weight is 344 g/mol. The molecule has 128 valence electrons. The first-order valence-electron chi connectivity index (χ1n) is 8.20. The van der Waals surface area contributed by atoms with Crippen LogP contribution in [-0.4, -0.2) is 28.3 Å². The summed E-state index contributed by atoms with van der Waals surface area (Å²) < 4.78 is 24.5. The molecule has 0 amide bonds. The molecule has 5 heteroatoms. The van der Waals surface area contributed by atoms with Gasteiger partial charge in [-0.15, -0.1) is 0 Å². The van der Waals surface area contributed by atoms with E-state index in [1.54, 1.807) is 12.1 Å². The van der Waals surface area contributed by atoms with E-state index in [0.717, 1.165) is 5.56 Å². The van der Waals surface area contributed by atoms with Gasteiger partial charge in [-0.1, -0.05) is 30.3 Å². The summed E-state index contributed by atoms with van der Waals surface area (Å²) in [7, 11) is 0.951. The molecule has 1 N–H and O–H groups in total. The predicted octanol–water partition coefficient (Wildman–Crippen LogP) is 3.07. The lowest BCUT2D eigenvalue weighted by atomic mass is 10.0. The first-order valence-corrected chi connectivity index (χ1v) is 9.85. The number of rotatable bonds is 4. The summed E-state index contributed by atoms with van der Waals surface area (Å²) in [5, 5.41) is 3.56. The maximum Gasteiger partial charge on any atom is 0.178 e. The Morgan fingerprint density at radius 2 is 1.92 bits per heavy atom. The van der Waals surface area contributed by atoms with Gasteiger partial charge >= 0.3 is 0 Å².